The van der Waals surface area contributed by atoms with E-state index in [0.717, 1.165) is 13.3 Å². The van der Waals surface area contributed by atoms with Crippen LogP contribution >= 0.6 is 0 Å². The molecule has 0 unspecified atom stereocenters. The minimum Gasteiger partial charge on any atom is -0.744 e. The fourth-order valence-corrected chi connectivity index (χ4v) is 2.21. The Morgan fingerprint density at radius 2 is 1.94 bits per heavy atom. The van der Waals surface area contributed by atoms with E-state index < -0.39 is 10.1 Å². The third-order valence-corrected chi connectivity index (χ3v) is 3.59. The summed E-state index contributed by atoms with van der Waals surface area (Å²) in [5.41, 5.74) is 0.836. The number of nitrogens with two attached hydrogens (primary N) is 1. The third-order valence-electron chi connectivity index (χ3n) is 2.59. The van der Waals surface area contributed by atoms with Gasteiger partial charge in [0.15, 0.2) is 6.73 Å². The van der Waals surface area contributed by atoms with Crippen LogP contribution in [0.2, 0.25) is 0 Å². The molecule has 18 heavy (non-hydrogen) atoms. The van der Waals surface area contributed by atoms with Crippen molar-refractivity contribution >= 4 is 10.1 Å². The van der Waals surface area contributed by atoms with Crippen molar-refractivity contribution in [2.24, 2.45) is 0 Å². The van der Waals surface area contributed by atoms with Crippen LogP contribution in [0.15, 0.2) is 29.2 Å². The number of ether oxygens (including phenoxy) is 1. The monoisotopic (exact) mass is 273 g/mol. The maximum absolute atomic E-state index is 10.5. The van der Waals surface area contributed by atoms with Crippen molar-refractivity contribution in [3.63, 3.8) is 0 Å². The van der Waals surface area contributed by atoms with E-state index in [1.54, 1.807) is 19.1 Å². The van der Waals surface area contributed by atoms with Crippen LogP contribution in [-0.4, -0.2) is 31.8 Å². The zero-order valence-electron chi connectivity index (χ0n) is 10.8. The van der Waals surface area contributed by atoms with Gasteiger partial charge in [-0.25, -0.2) is 8.42 Å². The first-order chi connectivity index (χ1) is 8.22. The molecule has 1 fully saturated rings. The van der Waals surface area contributed by atoms with Gasteiger partial charge in [0.2, 0.25) is 0 Å². The highest BCUT2D eigenvalue weighted by atomic mass is 32.2. The van der Waals surface area contributed by atoms with E-state index in [1.165, 1.54) is 12.1 Å². The molecule has 5 nitrogen and oxygen atoms in total. The molecule has 1 heterocycles. The molecule has 0 radical (unpaired) electrons. The molecule has 2 N–H and O–H groups in total. The zero-order valence-corrected chi connectivity index (χ0v) is 11.7. The SMILES string of the molecule is CC1(C)COC[NH2+]1.Cc1ccccc1S(=O)(=O)[O-]. The first kappa shape index (κ1) is 15.1. The highest BCUT2D eigenvalue weighted by Gasteiger charge is 2.26. The second kappa shape index (κ2) is 5.79. The molecule has 1 saturated heterocycles. The van der Waals surface area contributed by atoms with Crippen molar-refractivity contribution in [2.75, 3.05) is 13.3 Å². The lowest BCUT2D eigenvalue weighted by atomic mass is 10.1. The molecule has 0 amide bonds. The zero-order chi connectivity index (χ0) is 13.8. The van der Waals surface area contributed by atoms with Gasteiger partial charge in [-0.1, -0.05) is 18.2 Å². The van der Waals surface area contributed by atoms with E-state index in [2.05, 4.69) is 19.2 Å². The molecule has 0 saturated carbocycles. The van der Waals surface area contributed by atoms with Crippen molar-refractivity contribution in [1.82, 2.24) is 0 Å². The summed E-state index contributed by atoms with van der Waals surface area (Å²) >= 11 is 0. The standard InChI is InChI=1S/C7H8O3S.C5H11NO/c1-6-4-2-3-5-7(6)11(8,9)10;1-5(2)3-7-4-6-5/h2-5H,1H3,(H,8,9,10);6H,3-4H2,1-2H3. The number of hydrogen-bond donors (Lipinski definition) is 1. The summed E-state index contributed by atoms with van der Waals surface area (Å²) in [5, 5.41) is 2.20. The minimum atomic E-state index is -4.28. The van der Waals surface area contributed by atoms with Crippen LogP contribution in [0.5, 0.6) is 0 Å². The van der Waals surface area contributed by atoms with Crippen molar-refractivity contribution in [3.8, 4) is 0 Å². The van der Waals surface area contributed by atoms with Crippen LogP contribution in [-0.2, 0) is 14.9 Å². The molecular formula is C12H19NO4S. The molecule has 102 valence electrons. The molecule has 1 aliphatic heterocycles. The molecule has 1 aromatic rings. The lowest BCUT2D eigenvalue weighted by Crippen LogP contribution is -2.92. The fraction of sp³-hybridized carbons (Fsp3) is 0.500. The van der Waals surface area contributed by atoms with Gasteiger partial charge in [-0.3, -0.25) is 0 Å². The van der Waals surface area contributed by atoms with Gasteiger partial charge in [0.1, 0.15) is 22.3 Å². The molecule has 6 heteroatoms. The van der Waals surface area contributed by atoms with Gasteiger partial charge < -0.3 is 14.6 Å². The predicted octanol–water partition coefficient (Wildman–Crippen LogP) is 0.215. The van der Waals surface area contributed by atoms with Crippen LogP contribution < -0.4 is 5.32 Å². The van der Waals surface area contributed by atoms with E-state index >= 15 is 0 Å². The Balaban J connectivity index is 0.000000199. The van der Waals surface area contributed by atoms with Crippen molar-refractivity contribution in [2.45, 2.75) is 31.2 Å². The molecular weight excluding hydrogens is 254 g/mol. The molecule has 0 spiro atoms. The van der Waals surface area contributed by atoms with Crippen LogP contribution in [0, 0.1) is 6.92 Å². The van der Waals surface area contributed by atoms with Gasteiger partial charge in [-0.2, -0.15) is 0 Å². The summed E-state index contributed by atoms with van der Waals surface area (Å²) in [7, 11) is -4.28. The van der Waals surface area contributed by atoms with Gasteiger partial charge in [-0.15, -0.1) is 0 Å². The normalized spacial score (nSPS) is 18.0. The summed E-state index contributed by atoms with van der Waals surface area (Å²) in [6.45, 7) is 7.69. The maximum atomic E-state index is 10.5. The van der Waals surface area contributed by atoms with E-state index in [-0.39, 0.29) is 4.90 Å². The molecule has 0 bridgehead atoms. The summed E-state index contributed by atoms with van der Waals surface area (Å²) in [4.78, 5) is -0.139. The highest BCUT2D eigenvalue weighted by molar-refractivity contribution is 7.85. The van der Waals surface area contributed by atoms with Crippen molar-refractivity contribution in [3.05, 3.63) is 29.8 Å². The van der Waals surface area contributed by atoms with Crippen LogP contribution in [0.4, 0.5) is 0 Å². The quantitative estimate of drug-likeness (QED) is 0.742. The molecule has 1 aromatic carbocycles. The topological polar surface area (TPSA) is 83.0 Å². The summed E-state index contributed by atoms with van der Waals surface area (Å²) in [6.07, 6.45) is 0. The van der Waals surface area contributed by atoms with E-state index in [0.29, 0.717) is 11.1 Å². The second-order valence-electron chi connectivity index (χ2n) is 4.93. The number of benzene rings is 1. The van der Waals surface area contributed by atoms with Crippen molar-refractivity contribution in [1.29, 1.82) is 0 Å². The average Bonchev–Trinajstić information content (AvgIpc) is 2.63. The Morgan fingerprint density at radius 1 is 1.33 bits per heavy atom. The van der Waals surface area contributed by atoms with Crippen LogP contribution in [0.25, 0.3) is 0 Å². The molecule has 0 aromatic heterocycles. The van der Waals surface area contributed by atoms with Crippen LogP contribution in [0.3, 0.4) is 0 Å². The molecule has 2 rings (SSSR count). The maximum Gasteiger partial charge on any atom is 0.180 e. The van der Waals surface area contributed by atoms with Crippen molar-refractivity contribution < 1.29 is 23.0 Å². The Labute approximate surface area is 108 Å². The molecule has 0 atom stereocenters. The average molecular weight is 273 g/mol. The summed E-state index contributed by atoms with van der Waals surface area (Å²) in [6, 6.07) is 6.10. The first-order valence-corrected chi connectivity index (χ1v) is 7.07. The number of rotatable bonds is 1. The smallest absolute Gasteiger partial charge is 0.180 e. The third kappa shape index (κ3) is 4.73. The van der Waals surface area contributed by atoms with Crippen LogP contribution in [0.1, 0.15) is 19.4 Å². The highest BCUT2D eigenvalue weighted by Crippen LogP contribution is 2.12. The lowest BCUT2D eigenvalue weighted by molar-refractivity contribution is -0.709. The first-order valence-electron chi connectivity index (χ1n) is 5.66. The second-order valence-corrected chi connectivity index (χ2v) is 6.28. The summed E-state index contributed by atoms with van der Waals surface area (Å²) in [5.74, 6) is 0. The molecule has 1 aliphatic rings. The number of quaternary nitrogens is 1. The minimum absolute atomic E-state index is 0.139. The molecule has 0 aliphatic carbocycles. The lowest BCUT2D eigenvalue weighted by Gasteiger charge is -2.08. The van der Waals surface area contributed by atoms with Gasteiger partial charge in [0, 0.05) is 0 Å². The fourth-order valence-electron chi connectivity index (χ4n) is 1.50. The van der Waals surface area contributed by atoms with Gasteiger partial charge in [-0.05, 0) is 32.4 Å². The Bertz CT molecular complexity index is 489. The van der Waals surface area contributed by atoms with Gasteiger partial charge in [0.05, 0.1) is 4.90 Å². The largest absolute Gasteiger partial charge is 0.744 e. The Kier molecular flexibility index (Phi) is 4.86. The van der Waals surface area contributed by atoms with E-state index in [4.69, 9.17) is 4.74 Å². The van der Waals surface area contributed by atoms with Gasteiger partial charge in [0.25, 0.3) is 0 Å². The van der Waals surface area contributed by atoms with Gasteiger partial charge >= 0.3 is 0 Å². The Morgan fingerprint density at radius 3 is 2.22 bits per heavy atom. The number of aryl methyl sites for hydroxylation is 1. The summed E-state index contributed by atoms with van der Waals surface area (Å²) < 4.78 is 36.6. The predicted molar refractivity (Wildman–Crippen MR) is 66.0 cm³/mol. The number of hydrogen-bond acceptors (Lipinski definition) is 4. The van der Waals surface area contributed by atoms with E-state index in [1.807, 2.05) is 0 Å². The Hall–Kier alpha value is -0.950. The van der Waals surface area contributed by atoms with E-state index in [9.17, 15) is 13.0 Å².